The fraction of sp³-hybridized carbons (Fsp3) is 0.304. The van der Waals surface area contributed by atoms with Gasteiger partial charge < -0.3 is 14.4 Å². The van der Waals surface area contributed by atoms with Gasteiger partial charge in [-0.2, -0.15) is 9.78 Å². The second-order valence-electron chi connectivity index (χ2n) is 7.22. The number of halogens is 1. The quantitative estimate of drug-likeness (QED) is 0.562. The molecule has 0 atom stereocenters. The van der Waals surface area contributed by atoms with Crippen molar-refractivity contribution in [3.8, 4) is 17.2 Å². The van der Waals surface area contributed by atoms with Crippen LogP contribution in [0.2, 0.25) is 5.02 Å². The molecule has 31 heavy (non-hydrogen) atoms. The van der Waals surface area contributed by atoms with E-state index in [0.29, 0.717) is 18.0 Å². The van der Waals surface area contributed by atoms with Crippen LogP contribution in [0.5, 0.6) is 11.5 Å². The zero-order valence-electron chi connectivity index (χ0n) is 17.4. The first-order valence-corrected chi connectivity index (χ1v) is 10.6. The molecule has 1 saturated heterocycles. The summed E-state index contributed by atoms with van der Waals surface area (Å²) in [6.07, 6.45) is 1.68. The SMILES string of the molecule is COc1ccccc1OCCN1CCN(c2cnn(-c3ccccc3)c(=O)c2Cl)CC1. The smallest absolute Gasteiger partial charge is 0.292 e. The third-order valence-corrected chi connectivity index (χ3v) is 5.70. The molecule has 4 rings (SSSR count). The van der Waals surface area contributed by atoms with Gasteiger partial charge in [0.05, 0.1) is 24.7 Å². The molecular formula is C23H25ClN4O3. The Kier molecular flexibility index (Phi) is 6.74. The summed E-state index contributed by atoms with van der Waals surface area (Å²) in [4.78, 5) is 17.2. The van der Waals surface area contributed by atoms with Gasteiger partial charge in [0.2, 0.25) is 0 Å². The van der Waals surface area contributed by atoms with Crippen LogP contribution >= 0.6 is 11.6 Å². The molecule has 0 N–H and O–H groups in total. The van der Waals surface area contributed by atoms with Crippen molar-refractivity contribution in [1.82, 2.24) is 14.7 Å². The van der Waals surface area contributed by atoms with Crippen molar-refractivity contribution in [2.75, 3.05) is 51.3 Å². The Morgan fingerprint density at radius 3 is 2.35 bits per heavy atom. The molecule has 0 spiro atoms. The Hall–Kier alpha value is -3.03. The van der Waals surface area contributed by atoms with Crippen LogP contribution in [-0.2, 0) is 0 Å². The molecule has 2 aromatic carbocycles. The van der Waals surface area contributed by atoms with Crippen molar-refractivity contribution in [2.45, 2.75) is 0 Å². The third-order valence-electron chi connectivity index (χ3n) is 5.35. The van der Waals surface area contributed by atoms with Crippen LogP contribution in [0, 0.1) is 0 Å². The Labute approximate surface area is 186 Å². The number of benzene rings is 2. The van der Waals surface area contributed by atoms with Gasteiger partial charge in [-0.3, -0.25) is 9.69 Å². The predicted octanol–water partition coefficient (Wildman–Crippen LogP) is 3.10. The van der Waals surface area contributed by atoms with E-state index in [1.165, 1.54) is 4.68 Å². The lowest BCUT2D eigenvalue weighted by molar-refractivity contribution is 0.197. The maximum atomic E-state index is 12.7. The van der Waals surface area contributed by atoms with E-state index in [0.717, 1.165) is 44.2 Å². The second kappa shape index (κ2) is 9.85. The van der Waals surface area contributed by atoms with Gasteiger partial charge in [0.25, 0.3) is 5.56 Å². The van der Waals surface area contributed by atoms with Gasteiger partial charge in [-0.1, -0.05) is 41.9 Å². The molecule has 7 nitrogen and oxygen atoms in total. The number of hydrogen-bond acceptors (Lipinski definition) is 6. The maximum Gasteiger partial charge on any atom is 0.292 e. The number of anilines is 1. The summed E-state index contributed by atoms with van der Waals surface area (Å²) < 4.78 is 12.5. The molecule has 1 fully saturated rings. The monoisotopic (exact) mass is 440 g/mol. The average molecular weight is 441 g/mol. The fourth-order valence-corrected chi connectivity index (χ4v) is 3.88. The summed E-state index contributed by atoms with van der Waals surface area (Å²) >= 11 is 6.44. The summed E-state index contributed by atoms with van der Waals surface area (Å²) in [6.45, 7) is 4.64. The number of methoxy groups -OCH3 is 1. The molecule has 0 saturated carbocycles. The van der Waals surface area contributed by atoms with Gasteiger partial charge in [0, 0.05) is 32.7 Å². The zero-order valence-corrected chi connectivity index (χ0v) is 18.2. The van der Waals surface area contributed by atoms with E-state index < -0.39 is 0 Å². The molecule has 1 aromatic heterocycles. The molecular weight excluding hydrogens is 416 g/mol. The van der Waals surface area contributed by atoms with Crippen LogP contribution in [-0.4, -0.2) is 61.1 Å². The van der Waals surface area contributed by atoms with E-state index >= 15 is 0 Å². The van der Waals surface area contributed by atoms with E-state index in [1.807, 2.05) is 54.6 Å². The highest BCUT2D eigenvalue weighted by molar-refractivity contribution is 6.33. The Morgan fingerprint density at radius 2 is 1.65 bits per heavy atom. The van der Waals surface area contributed by atoms with Crippen LogP contribution in [0.4, 0.5) is 5.69 Å². The Morgan fingerprint density at radius 1 is 0.968 bits per heavy atom. The number of nitrogens with zero attached hydrogens (tertiary/aromatic N) is 4. The summed E-state index contributed by atoms with van der Waals surface area (Å²) in [7, 11) is 1.64. The van der Waals surface area contributed by atoms with Crippen molar-refractivity contribution >= 4 is 17.3 Å². The van der Waals surface area contributed by atoms with Gasteiger partial charge in [-0.25, -0.2) is 0 Å². The highest BCUT2D eigenvalue weighted by Crippen LogP contribution is 2.26. The first kappa shape index (κ1) is 21.2. The lowest BCUT2D eigenvalue weighted by Gasteiger charge is -2.36. The highest BCUT2D eigenvalue weighted by atomic mass is 35.5. The topological polar surface area (TPSA) is 59.8 Å². The molecule has 3 aromatic rings. The number of ether oxygens (including phenoxy) is 2. The lowest BCUT2D eigenvalue weighted by atomic mass is 10.2. The van der Waals surface area contributed by atoms with E-state index in [4.69, 9.17) is 21.1 Å². The van der Waals surface area contributed by atoms with Crippen molar-refractivity contribution < 1.29 is 9.47 Å². The van der Waals surface area contributed by atoms with Crippen LogP contribution in [0.1, 0.15) is 0 Å². The van der Waals surface area contributed by atoms with Crippen LogP contribution in [0.3, 0.4) is 0 Å². The van der Waals surface area contributed by atoms with Gasteiger partial charge in [0.1, 0.15) is 11.6 Å². The lowest BCUT2D eigenvalue weighted by Crippen LogP contribution is -2.48. The standard InChI is InChI=1S/C23H25ClN4O3/c1-30-20-9-5-6-10-21(20)31-16-15-26-11-13-27(14-12-26)19-17-25-28(23(29)22(19)24)18-7-3-2-4-8-18/h2-10,17H,11-16H2,1H3. The van der Waals surface area contributed by atoms with E-state index in [2.05, 4.69) is 14.9 Å². The molecule has 0 unspecified atom stereocenters. The van der Waals surface area contributed by atoms with Crippen LogP contribution in [0.25, 0.3) is 5.69 Å². The zero-order chi connectivity index (χ0) is 21.6. The minimum Gasteiger partial charge on any atom is -0.493 e. The summed E-state index contributed by atoms with van der Waals surface area (Å²) in [5.41, 5.74) is 1.07. The van der Waals surface area contributed by atoms with Crippen molar-refractivity contribution in [2.24, 2.45) is 0 Å². The van der Waals surface area contributed by atoms with Gasteiger partial charge >= 0.3 is 0 Å². The predicted molar refractivity (Wildman–Crippen MR) is 122 cm³/mol. The molecule has 8 heteroatoms. The molecule has 1 aliphatic rings. The molecule has 0 aliphatic carbocycles. The first-order valence-electron chi connectivity index (χ1n) is 10.2. The van der Waals surface area contributed by atoms with Crippen molar-refractivity contribution in [3.63, 3.8) is 0 Å². The van der Waals surface area contributed by atoms with Crippen molar-refractivity contribution in [1.29, 1.82) is 0 Å². The molecule has 0 amide bonds. The van der Waals surface area contributed by atoms with Crippen LogP contribution < -0.4 is 19.9 Å². The van der Waals surface area contributed by atoms with Crippen molar-refractivity contribution in [3.05, 3.63) is 76.2 Å². The number of para-hydroxylation sites is 3. The summed E-state index contributed by atoms with van der Waals surface area (Å²) in [5, 5.41) is 4.54. The Balaban J connectivity index is 1.34. The molecule has 2 heterocycles. The van der Waals surface area contributed by atoms with Crippen LogP contribution in [0.15, 0.2) is 65.6 Å². The minimum atomic E-state index is -0.307. The maximum absolute atomic E-state index is 12.7. The number of aromatic nitrogens is 2. The third kappa shape index (κ3) is 4.84. The van der Waals surface area contributed by atoms with E-state index in [-0.39, 0.29) is 10.6 Å². The van der Waals surface area contributed by atoms with E-state index in [1.54, 1.807) is 13.3 Å². The molecule has 0 bridgehead atoms. The average Bonchev–Trinajstić information content (AvgIpc) is 2.82. The number of piperazine rings is 1. The normalized spacial score (nSPS) is 14.5. The van der Waals surface area contributed by atoms with Gasteiger partial charge in [-0.05, 0) is 24.3 Å². The second-order valence-corrected chi connectivity index (χ2v) is 7.60. The largest absolute Gasteiger partial charge is 0.493 e. The number of rotatable bonds is 7. The fourth-order valence-electron chi connectivity index (χ4n) is 3.63. The Bertz CT molecular complexity index is 1070. The highest BCUT2D eigenvalue weighted by Gasteiger charge is 2.21. The van der Waals surface area contributed by atoms with Gasteiger partial charge in [0.15, 0.2) is 11.5 Å². The first-order chi connectivity index (χ1) is 15.2. The minimum absolute atomic E-state index is 0.201. The summed E-state index contributed by atoms with van der Waals surface area (Å²) in [5.74, 6) is 1.49. The molecule has 1 aliphatic heterocycles. The van der Waals surface area contributed by atoms with Gasteiger partial charge in [-0.15, -0.1) is 0 Å². The summed E-state index contributed by atoms with van der Waals surface area (Å²) in [6, 6.07) is 16.9. The van der Waals surface area contributed by atoms with E-state index in [9.17, 15) is 4.79 Å². The number of hydrogen-bond donors (Lipinski definition) is 0. The molecule has 162 valence electrons. The molecule has 0 radical (unpaired) electrons.